The van der Waals surface area contributed by atoms with Crippen molar-refractivity contribution in [3.63, 3.8) is 0 Å². The molecule has 0 aromatic carbocycles. The van der Waals surface area contributed by atoms with E-state index in [2.05, 4.69) is 0 Å². The molecule has 5 heteroatoms. The second-order valence-corrected chi connectivity index (χ2v) is 1.99. The Morgan fingerprint density at radius 3 is 2.58 bits per heavy atom. The molecule has 5 nitrogen and oxygen atoms in total. The fourth-order valence-electron chi connectivity index (χ4n) is 0.747. The average molecular weight is 161 g/mol. The summed E-state index contributed by atoms with van der Waals surface area (Å²) in [5.74, 6) is -0.568. The van der Waals surface area contributed by atoms with E-state index in [1.807, 2.05) is 4.98 Å². The zero-order valence-corrected chi connectivity index (χ0v) is 5.83. The molecule has 0 aliphatic rings. The van der Waals surface area contributed by atoms with E-state index in [0.29, 0.717) is 0 Å². The van der Waals surface area contributed by atoms with Crippen molar-refractivity contribution in [3.05, 3.63) is 27.5 Å². The van der Waals surface area contributed by atoms with Crippen LogP contribution in [0.25, 0.3) is 0 Å². The number of hydrogen-bond acceptors (Lipinski definition) is 4. The zero-order valence-electron chi connectivity index (χ0n) is 5.83. The number of pyridine rings is 1. The van der Waals surface area contributed by atoms with Crippen LogP contribution in [-0.2, 0) is 0 Å². The van der Waals surface area contributed by atoms with Gasteiger partial charge in [0.25, 0.3) is 5.56 Å². The number of aromatic hydroxyl groups is 1. The smallest absolute Gasteiger partial charge is 0.252 e. The van der Waals surface area contributed by atoms with Crippen LogP contribution in [0.3, 0.4) is 0 Å². The normalized spacial score (nSPS) is 8.50. The molecule has 0 saturated carbocycles. The van der Waals surface area contributed by atoms with E-state index in [0.717, 1.165) is 6.07 Å². The molecule has 0 radical (unpaired) electrons. The summed E-state index contributed by atoms with van der Waals surface area (Å²) in [6, 6.07) is 4.18. The fraction of sp³-hybridized carbons (Fsp3) is 0. The molecule has 1 aromatic heterocycles. The lowest BCUT2D eigenvalue weighted by molar-refractivity contribution is 0.449. The third kappa shape index (κ3) is 1.11. The molecule has 1 aromatic rings. The summed E-state index contributed by atoms with van der Waals surface area (Å²) >= 11 is 0. The quantitative estimate of drug-likeness (QED) is 0.551. The summed E-state index contributed by atoms with van der Waals surface area (Å²) < 4.78 is 0. The van der Waals surface area contributed by atoms with E-state index >= 15 is 0 Å². The lowest BCUT2D eigenvalue weighted by Gasteiger charge is -1.94. The lowest BCUT2D eigenvalue weighted by Crippen LogP contribution is -2.06. The summed E-state index contributed by atoms with van der Waals surface area (Å²) in [7, 11) is 0. The standard InChI is InChI=1S/C7H3N3O2/c8-2-4-1-6(11)10-7(12)5(4)3-9/h1H,(H2,10,11,12). The van der Waals surface area contributed by atoms with E-state index in [9.17, 15) is 4.79 Å². The highest BCUT2D eigenvalue weighted by Crippen LogP contribution is 2.12. The minimum atomic E-state index is -0.608. The predicted octanol–water partition coefficient (Wildman–Crippen LogP) is -0.176. The van der Waals surface area contributed by atoms with E-state index in [1.165, 1.54) is 0 Å². The second-order valence-electron chi connectivity index (χ2n) is 1.99. The van der Waals surface area contributed by atoms with Gasteiger partial charge in [-0.15, -0.1) is 0 Å². The van der Waals surface area contributed by atoms with Crippen LogP contribution in [0.15, 0.2) is 10.9 Å². The van der Waals surface area contributed by atoms with Gasteiger partial charge in [0.05, 0.1) is 5.56 Å². The van der Waals surface area contributed by atoms with Crippen LogP contribution < -0.4 is 5.56 Å². The first-order chi connectivity index (χ1) is 5.69. The van der Waals surface area contributed by atoms with Gasteiger partial charge in [-0.25, -0.2) is 0 Å². The van der Waals surface area contributed by atoms with Gasteiger partial charge in [-0.1, -0.05) is 0 Å². The van der Waals surface area contributed by atoms with Gasteiger partial charge >= 0.3 is 0 Å². The van der Waals surface area contributed by atoms with Gasteiger partial charge in [0.1, 0.15) is 17.7 Å². The first kappa shape index (κ1) is 7.83. The molecule has 1 rings (SSSR count). The molecule has 0 unspecified atom stereocenters. The fourth-order valence-corrected chi connectivity index (χ4v) is 0.747. The van der Waals surface area contributed by atoms with Gasteiger partial charge in [0, 0.05) is 6.07 Å². The number of H-pyrrole nitrogens is 1. The van der Waals surface area contributed by atoms with Crippen molar-refractivity contribution < 1.29 is 5.11 Å². The Hall–Kier alpha value is -2.27. The molecule has 0 atom stereocenters. The average Bonchev–Trinajstić information content (AvgIpc) is 2.03. The van der Waals surface area contributed by atoms with Gasteiger partial charge in [-0.2, -0.15) is 10.5 Å². The summed E-state index contributed by atoms with van der Waals surface area (Å²) in [5.41, 5.74) is -0.945. The lowest BCUT2D eigenvalue weighted by atomic mass is 10.2. The van der Waals surface area contributed by atoms with Crippen molar-refractivity contribution in [1.29, 1.82) is 10.5 Å². The van der Waals surface area contributed by atoms with Crippen LogP contribution in [0.1, 0.15) is 11.1 Å². The molecule has 0 saturated heterocycles. The Balaban J connectivity index is 3.61. The van der Waals surface area contributed by atoms with Gasteiger partial charge in [0.15, 0.2) is 0 Å². The Morgan fingerprint density at radius 2 is 2.08 bits per heavy atom. The minimum absolute atomic E-state index is 0.126. The Kier molecular flexibility index (Phi) is 1.81. The molecule has 0 fully saturated rings. The van der Waals surface area contributed by atoms with Crippen LogP contribution in [0.2, 0.25) is 0 Å². The van der Waals surface area contributed by atoms with Crippen LogP contribution in [0, 0.1) is 22.7 Å². The number of hydrogen-bond donors (Lipinski definition) is 2. The van der Waals surface area contributed by atoms with Crippen molar-refractivity contribution in [2.75, 3.05) is 0 Å². The summed E-state index contributed by atoms with van der Waals surface area (Å²) in [5, 5.41) is 25.8. The molecular weight excluding hydrogens is 158 g/mol. The first-order valence-corrected chi connectivity index (χ1v) is 2.95. The van der Waals surface area contributed by atoms with Crippen LogP contribution in [0.4, 0.5) is 0 Å². The summed E-state index contributed by atoms with van der Waals surface area (Å²) in [4.78, 5) is 12.7. The molecular formula is C7H3N3O2. The van der Waals surface area contributed by atoms with Crippen molar-refractivity contribution in [3.8, 4) is 18.0 Å². The number of aromatic amines is 1. The topological polar surface area (TPSA) is 101 Å². The van der Waals surface area contributed by atoms with E-state index < -0.39 is 11.4 Å². The highest BCUT2D eigenvalue weighted by atomic mass is 16.3. The number of nitrogens with one attached hydrogen (secondary N) is 1. The Morgan fingerprint density at radius 1 is 1.42 bits per heavy atom. The van der Waals surface area contributed by atoms with Gasteiger partial charge < -0.3 is 5.11 Å². The van der Waals surface area contributed by atoms with Gasteiger partial charge in [0.2, 0.25) is 5.88 Å². The van der Waals surface area contributed by atoms with Crippen molar-refractivity contribution in [2.45, 2.75) is 0 Å². The summed E-state index contributed by atoms with van der Waals surface area (Å²) in [6.45, 7) is 0. The summed E-state index contributed by atoms with van der Waals surface area (Å²) in [6.07, 6.45) is 0. The molecule has 0 spiro atoms. The maximum atomic E-state index is 10.7. The zero-order chi connectivity index (χ0) is 9.14. The van der Waals surface area contributed by atoms with Crippen LogP contribution in [0.5, 0.6) is 5.88 Å². The number of nitriles is 2. The molecule has 1 heterocycles. The van der Waals surface area contributed by atoms with Crippen LogP contribution in [-0.4, -0.2) is 10.1 Å². The monoisotopic (exact) mass is 161 g/mol. The highest BCUT2D eigenvalue weighted by molar-refractivity contribution is 5.49. The second kappa shape index (κ2) is 2.77. The molecule has 0 aliphatic carbocycles. The van der Waals surface area contributed by atoms with Crippen LogP contribution >= 0.6 is 0 Å². The maximum absolute atomic E-state index is 10.7. The van der Waals surface area contributed by atoms with E-state index in [4.69, 9.17) is 15.6 Å². The van der Waals surface area contributed by atoms with E-state index in [-0.39, 0.29) is 11.1 Å². The van der Waals surface area contributed by atoms with Crippen molar-refractivity contribution in [1.82, 2.24) is 4.98 Å². The van der Waals surface area contributed by atoms with Crippen molar-refractivity contribution >= 4 is 0 Å². The minimum Gasteiger partial charge on any atom is -0.494 e. The molecule has 2 N–H and O–H groups in total. The molecule has 0 amide bonds. The number of rotatable bonds is 0. The largest absolute Gasteiger partial charge is 0.494 e. The molecule has 12 heavy (non-hydrogen) atoms. The van der Waals surface area contributed by atoms with Gasteiger partial charge in [-0.3, -0.25) is 9.78 Å². The molecule has 0 aliphatic heterocycles. The Labute approximate surface area is 67.1 Å². The number of nitrogens with zero attached hydrogens (tertiary/aromatic N) is 2. The van der Waals surface area contributed by atoms with E-state index in [1.54, 1.807) is 12.1 Å². The SMILES string of the molecule is N#Cc1cc(=O)[nH]c(O)c1C#N. The highest BCUT2D eigenvalue weighted by Gasteiger charge is 2.07. The predicted molar refractivity (Wildman–Crippen MR) is 38.2 cm³/mol. The van der Waals surface area contributed by atoms with Gasteiger partial charge in [-0.05, 0) is 0 Å². The molecule has 0 bridgehead atoms. The third-order valence-electron chi connectivity index (χ3n) is 1.26. The Bertz CT molecular complexity index is 447. The third-order valence-corrected chi connectivity index (χ3v) is 1.26. The van der Waals surface area contributed by atoms with Crippen molar-refractivity contribution in [2.24, 2.45) is 0 Å². The molecule has 58 valence electrons. The maximum Gasteiger partial charge on any atom is 0.252 e. The number of aromatic nitrogens is 1. The first-order valence-electron chi connectivity index (χ1n) is 2.95.